The lowest BCUT2D eigenvalue weighted by molar-refractivity contribution is -0.114. The fraction of sp³-hybridized carbons (Fsp3) is 0.0556. The predicted octanol–water partition coefficient (Wildman–Crippen LogP) is 7.44. The number of nitrogens with one attached hydrogen (secondary N) is 4. The summed E-state index contributed by atoms with van der Waals surface area (Å²) in [6, 6.07) is 31.2. The van der Waals surface area contributed by atoms with E-state index in [9.17, 15) is 14.4 Å². The molecule has 0 aliphatic carbocycles. The van der Waals surface area contributed by atoms with Crippen LogP contribution in [0.25, 0.3) is 28.2 Å². The van der Waals surface area contributed by atoms with Crippen LogP contribution in [-0.2, 0) is 9.59 Å². The highest BCUT2D eigenvalue weighted by Gasteiger charge is 2.17. The van der Waals surface area contributed by atoms with Crippen LogP contribution in [0.4, 0.5) is 10.8 Å². The summed E-state index contributed by atoms with van der Waals surface area (Å²) in [7, 11) is 1.61. The van der Waals surface area contributed by atoms with E-state index in [2.05, 4.69) is 25.9 Å². The first kappa shape index (κ1) is 31.3. The number of aromatic nitrogens is 2. The second kappa shape index (κ2) is 14.6. The highest BCUT2D eigenvalue weighted by Crippen LogP contribution is 2.28. The number of aromatic amines is 1. The van der Waals surface area contributed by atoms with Crippen molar-refractivity contribution in [2.45, 2.75) is 4.90 Å². The van der Waals surface area contributed by atoms with Crippen LogP contribution in [0, 0.1) is 0 Å². The molecular formula is C36H29N5O4S2. The number of methoxy groups -OCH3 is 1. The SMILES string of the molecule is COc1cccc(-c2csc(NC(=O)CSc3cccc(NC(=O)/C(=C/c4c[nH]c5ccccc45)NC(=O)c4ccccc4)c3)n2)c1. The number of hydrogen-bond acceptors (Lipinski definition) is 7. The smallest absolute Gasteiger partial charge is 0.272 e. The average Bonchev–Trinajstić information content (AvgIpc) is 3.75. The number of H-pyrrole nitrogens is 1. The largest absolute Gasteiger partial charge is 0.497 e. The summed E-state index contributed by atoms with van der Waals surface area (Å²) in [6.07, 6.45) is 3.44. The van der Waals surface area contributed by atoms with Crippen molar-refractivity contribution in [2.75, 3.05) is 23.5 Å². The number of fused-ring (bicyclic) bond motifs is 1. The van der Waals surface area contributed by atoms with E-state index >= 15 is 0 Å². The molecule has 0 spiro atoms. The molecule has 3 amide bonds. The van der Waals surface area contributed by atoms with Gasteiger partial charge in [-0.2, -0.15) is 0 Å². The molecule has 4 N–H and O–H groups in total. The minimum atomic E-state index is -0.491. The molecule has 4 aromatic carbocycles. The van der Waals surface area contributed by atoms with Gasteiger partial charge in [0.05, 0.1) is 18.6 Å². The minimum Gasteiger partial charge on any atom is -0.497 e. The van der Waals surface area contributed by atoms with Crippen LogP contribution in [0.5, 0.6) is 5.75 Å². The number of para-hydroxylation sites is 1. The first-order valence-corrected chi connectivity index (χ1v) is 16.4. The highest BCUT2D eigenvalue weighted by molar-refractivity contribution is 8.00. The summed E-state index contributed by atoms with van der Waals surface area (Å²) in [5.41, 5.74) is 4.34. The molecule has 47 heavy (non-hydrogen) atoms. The lowest BCUT2D eigenvalue weighted by Crippen LogP contribution is -2.30. The zero-order valence-electron chi connectivity index (χ0n) is 25.2. The van der Waals surface area contributed by atoms with E-state index in [0.717, 1.165) is 38.4 Å². The summed E-state index contributed by atoms with van der Waals surface area (Å²) in [5, 5.41) is 11.8. The molecule has 11 heteroatoms. The molecule has 0 radical (unpaired) electrons. The number of carbonyl (C=O) groups excluding carboxylic acids is 3. The number of nitrogens with zero attached hydrogens (tertiary/aromatic N) is 1. The fourth-order valence-corrected chi connectivity index (χ4v) is 6.21. The van der Waals surface area contributed by atoms with Gasteiger partial charge in [0.2, 0.25) is 5.91 Å². The topological polar surface area (TPSA) is 125 Å². The van der Waals surface area contributed by atoms with E-state index < -0.39 is 11.8 Å². The first-order valence-electron chi connectivity index (χ1n) is 14.5. The number of amides is 3. The van der Waals surface area contributed by atoms with E-state index in [4.69, 9.17) is 4.74 Å². The number of ether oxygens (including phenoxy) is 1. The Bertz CT molecular complexity index is 2090. The van der Waals surface area contributed by atoms with Crippen molar-refractivity contribution in [1.29, 1.82) is 0 Å². The van der Waals surface area contributed by atoms with Gasteiger partial charge in [-0.05, 0) is 54.6 Å². The Balaban J connectivity index is 1.12. The van der Waals surface area contributed by atoms with Crippen LogP contribution in [0.2, 0.25) is 0 Å². The van der Waals surface area contributed by atoms with Crippen LogP contribution >= 0.6 is 23.1 Å². The average molecular weight is 660 g/mol. The molecule has 0 bridgehead atoms. The van der Waals surface area contributed by atoms with Gasteiger partial charge in [0, 0.05) is 49.8 Å². The van der Waals surface area contributed by atoms with Crippen molar-refractivity contribution < 1.29 is 19.1 Å². The molecule has 0 saturated carbocycles. The molecule has 0 fully saturated rings. The Morgan fingerprint density at radius 3 is 2.57 bits per heavy atom. The van der Waals surface area contributed by atoms with Crippen molar-refractivity contribution in [2.24, 2.45) is 0 Å². The van der Waals surface area contributed by atoms with Gasteiger partial charge in [-0.25, -0.2) is 4.98 Å². The van der Waals surface area contributed by atoms with Gasteiger partial charge in [0.15, 0.2) is 5.13 Å². The van der Waals surface area contributed by atoms with Crippen LogP contribution in [0.3, 0.4) is 0 Å². The van der Waals surface area contributed by atoms with Crippen LogP contribution in [-0.4, -0.2) is 40.6 Å². The van der Waals surface area contributed by atoms with Gasteiger partial charge < -0.3 is 25.7 Å². The second-order valence-corrected chi connectivity index (χ2v) is 12.2. The van der Waals surface area contributed by atoms with Crippen molar-refractivity contribution >= 4 is 68.6 Å². The van der Waals surface area contributed by atoms with E-state index in [1.54, 1.807) is 61.8 Å². The van der Waals surface area contributed by atoms with Crippen molar-refractivity contribution in [3.63, 3.8) is 0 Å². The lowest BCUT2D eigenvalue weighted by atomic mass is 10.1. The number of anilines is 2. The minimum absolute atomic E-state index is 0.0813. The molecule has 6 aromatic rings. The van der Waals surface area contributed by atoms with Gasteiger partial charge in [-0.3, -0.25) is 14.4 Å². The molecule has 234 valence electrons. The van der Waals surface area contributed by atoms with Crippen LogP contribution in [0.15, 0.2) is 125 Å². The van der Waals surface area contributed by atoms with Crippen LogP contribution < -0.4 is 20.7 Å². The van der Waals surface area contributed by atoms with Gasteiger partial charge in [0.1, 0.15) is 11.4 Å². The summed E-state index contributed by atoms with van der Waals surface area (Å²) < 4.78 is 5.29. The number of benzene rings is 4. The normalized spacial score (nSPS) is 11.2. The Morgan fingerprint density at radius 2 is 1.72 bits per heavy atom. The Labute approximate surface area is 279 Å². The molecule has 9 nitrogen and oxygen atoms in total. The standard InChI is InChI=1S/C36H29N5O4S2/c1-45-27-13-7-11-24(17-27)32-21-47-36(40-32)41-33(42)22-46-28-14-8-12-26(19-28)38-35(44)31(39-34(43)23-9-3-2-4-10-23)18-25-20-37-30-16-6-5-15-29(25)30/h2-21,37H,22H2,1H3,(H,38,44)(H,39,43)(H,40,41,42)/b31-18-. The summed E-state index contributed by atoms with van der Waals surface area (Å²) in [5.74, 6) is -0.226. The maximum absolute atomic E-state index is 13.6. The fourth-order valence-electron chi connectivity index (χ4n) is 4.72. The Morgan fingerprint density at radius 1 is 0.915 bits per heavy atom. The molecule has 2 aromatic heterocycles. The number of carbonyl (C=O) groups is 3. The zero-order chi connectivity index (χ0) is 32.6. The molecule has 0 saturated heterocycles. The molecule has 6 rings (SSSR count). The summed E-state index contributed by atoms with van der Waals surface area (Å²) in [4.78, 5) is 47.9. The third kappa shape index (κ3) is 7.96. The van der Waals surface area contributed by atoms with Crippen molar-refractivity contribution in [3.8, 4) is 17.0 Å². The number of thioether (sulfide) groups is 1. The monoisotopic (exact) mass is 659 g/mol. The van der Waals surface area contributed by atoms with E-state index in [-0.39, 0.29) is 17.4 Å². The van der Waals surface area contributed by atoms with E-state index in [0.29, 0.717) is 16.4 Å². The van der Waals surface area contributed by atoms with Gasteiger partial charge in [-0.15, -0.1) is 23.1 Å². The number of thiazole rings is 1. The third-order valence-electron chi connectivity index (χ3n) is 7.03. The number of hydrogen-bond donors (Lipinski definition) is 4. The maximum atomic E-state index is 13.6. The third-order valence-corrected chi connectivity index (χ3v) is 8.78. The van der Waals surface area contributed by atoms with Crippen LogP contribution in [0.1, 0.15) is 15.9 Å². The Kier molecular flexibility index (Phi) is 9.75. The zero-order valence-corrected chi connectivity index (χ0v) is 26.8. The van der Waals surface area contributed by atoms with Gasteiger partial charge in [0.25, 0.3) is 11.8 Å². The molecule has 0 unspecified atom stereocenters. The number of rotatable bonds is 11. The molecule has 0 aliphatic rings. The second-order valence-electron chi connectivity index (χ2n) is 10.3. The first-order chi connectivity index (χ1) is 22.9. The van der Waals surface area contributed by atoms with Gasteiger partial charge >= 0.3 is 0 Å². The molecule has 0 atom stereocenters. The highest BCUT2D eigenvalue weighted by atomic mass is 32.2. The summed E-state index contributed by atoms with van der Waals surface area (Å²) in [6.45, 7) is 0. The van der Waals surface area contributed by atoms with Gasteiger partial charge in [-0.1, -0.05) is 54.6 Å². The maximum Gasteiger partial charge on any atom is 0.272 e. The Hall–Kier alpha value is -5.65. The summed E-state index contributed by atoms with van der Waals surface area (Å²) >= 11 is 2.67. The van der Waals surface area contributed by atoms with E-state index in [1.165, 1.54) is 23.1 Å². The van der Waals surface area contributed by atoms with Crippen molar-refractivity contribution in [3.05, 3.63) is 132 Å². The predicted molar refractivity (Wildman–Crippen MR) is 189 cm³/mol. The molecule has 2 heterocycles. The van der Waals surface area contributed by atoms with Crippen molar-refractivity contribution in [1.82, 2.24) is 15.3 Å². The molecular weight excluding hydrogens is 631 g/mol. The molecule has 0 aliphatic heterocycles. The lowest BCUT2D eigenvalue weighted by Gasteiger charge is -2.12. The van der Waals surface area contributed by atoms with E-state index in [1.807, 2.05) is 66.0 Å². The quantitative estimate of drug-likeness (QED) is 0.0847.